The van der Waals surface area contributed by atoms with Gasteiger partial charge in [0.05, 0.1) is 11.1 Å². The lowest BCUT2D eigenvalue weighted by molar-refractivity contribution is 0.602. The molecule has 3 aromatic rings. The van der Waals surface area contributed by atoms with Crippen molar-refractivity contribution in [1.29, 1.82) is 0 Å². The summed E-state index contributed by atoms with van der Waals surface area (Å²) in [6, 6.07) is 8.39. The Morgan fingerprint density at radius 3 is 2.50 bits per heavy atom. The number of nitrogens with zero attached hydrogens (tertiary/aromatic N) is 3. The summed E-state index contributed by atoms with van der Waals surface area (Å²) in [5, 5.41) is 0.310. The van der Waals surface area contributed by atoms with Crippen molar-refractivity contribution < 1.29 is 8.42 Å². The lowest BCUT2D eigenvalue weighted by Crippen LogP contribution is -1.99. The smallest absolute Gasteiger partial charge is 0.175 e. The Bertz CT molecular complexity index is 886. The monoisotopic (exact) mass is 307 g/mol. The molecule has 0 saturated carbocycles. The van der Waals surface area contributed by atoms with Gasteiger partial charge in [0, 0.05) is 18.1 Å². The van der Waals surface area contributed by atoms with Crippen molar-refractivity contribution in [3.05, 3.63) is 47.9 Å². The normalized spacial score (nSPS) is 11.9. The predicted octanol–water partition coefficient (Wildman–Crippen LogP) is 2.48. The first kappa shape index (κ1) is 13.1. The molecular formula is C13H10ClN3O2S. The zero-order valence-corrected chi connectivity index (χ0v) is 12.1. The van der Waals surface area contributed by atoms with E-state index in [0.717, 1.165) is 11.2 Å². The van der Waals surface area contributed by atoms with Crippen LogP contribution < -0.4 is 0 Å². The minimum Gasteiger partial charge on any atom is -0.300 e. The van der Waals surface area contributed by atoms with Crippen LogP contribution in [0.3, 0.4) is 0 Å². The summed E-state index contributed by atoms with van der Waals surface area (Å²) in [4.78, 5) is 8.68. The van der Waals surface area contributed by atoms with E-state index in [1.165, 1.54) is 12.5 Å². The number of halogens is 1. The quantitative estimate of drug-likeness (QED) is 0.729. The second-order valence-electron chi connectivity index (χ2n) is 4.35. The standard InChI is InChI=1S/C13H10ClN3O2S/c1-20(18,19)10-4-2-9(3-5-10)17-7-6-11-13(17)16-12(14)8-15-11/h2-8H,1H3. The number of hydrogen-bond acceptors (Lipinski definition) is 4. The molecule has 0 fully saturated rings. The van der Waals surface area contributed by atoms with E-state index < -0.39 is 9.84 Å². The highest BCUT2D eigenvalue weighted by Crippen LogP contribution is 2.20. The first-order chi connectivity index (χ1) is 9.45. The van der Waals surface area contributed by atoms with Gasteiger partial charge >= 0.3 is 0 Å². The fraction of sp³-hybridized carbons (Fsp3) is 0.0769. The average molecular weight is 308 g/mol. The first-order valence-corrected chi connectivity index (χ1v) is 8.02. The second-order valence-corrected chi connectivity index (χ2v) is 6.76. The maximum atomic E-state index is 11.4. The largest absolute Gasteiger partial charge is 0.300 e. The molecule has 0 N–H and O–H groups in total. The fourth-order valence-corrected chi connectivity index (χ4v) is 2.70. The van der Waals surface area contributed by atoms with Crippen LogP contribution in [0.2, 0.25) is 5.15 Å². The number of rotatable bonds is 2. The zero-order chi connectivity index (χ0) is 14.3. The molecule has 5 nitrogen and oxygen atoms in total. The molecule has 0 atom stereocenters. The molecule has 0 aliphatic carbocycles. The van der Waals surface area contributed by atoms with E-state index in [9.17, 15) is 8.42 Å². The Morgan fingerprint density at radius 2 is 1.85 bits per heavy atom. The van der Waals surface area contributed by atoms with Crippen LogP contribution in [-0.4, -0.2) is 29.2 Å². The maximum absolute atomic E-state index is 11.4. The highest BCUT2D eigenvalue weighted by molar-refractivity contribution is 7.90. The van der Waals surface area contributed by atoms with E-state index in [-0.39, 0.29) is 4.90 Å². The van der Waals surface area contributed by atoms with Gasteiger partial charge in [0.2, 0.25) is 0 Å². The Hall–Kier alpha value is -1.92. The second kappa shape index (κ2) is 4.57. The molecule has 20 heavy (non-hydrogen) atoms. The average Bonchev–Trinajstić information content (AvgIpc) is 2.81. The lowest BCUT2D eigenvalue weighted by Gasteiger charge is -2.05. The molecular weight excluding hydrogens is 298 g/mol. The van der Waals surface area contributed by atoms with Crippen LogP contribution >= 0.6 is 11.6 Å². The van der Waals surface area contributed by atoms with Gasteiger partial charge in [-0.25, -0.2) is 18.4 Å². The third-order valence-electron chi connectivity index (χ3n) is 2.90. The predicted molar refractivity (Wildman–Crippen MR) is 77.0 cm³/mol. The first-order valence-electron chi connectivity index (χ1n) is 5.75. The minimum atomic E-state index is -3.20. The maximum Gasteiger partial charge on any atom is 0.175 e. The van der Waals surface area contributed by atoms with Crippen molar-refractivity contribution in [2.75, 3.05) is 6.26 Å². The third-order valence-corrected chi connectivity index (χ3v) is 4.22. The summed E-state index contributed by atoms with van der Waals surface area (Å²) < 4.78 is 24.7. The van der Waals surface area contributed by atoms with E-state index in [1.54, 1.807) is 28.8 Å². The summed E-state index contributed by atoms with van der Waals surface area (Å²) in [6.45, 7) is 0. The SMILES string of the molecule is CS(=O)(=O)c1ccc(-n2ccc3ncc(Cl)nc32)cc1. The van der Waals surface area contributed by atoms with Gasteiger partial charge in [-0.1, -0.05) is 11.6 Å². The fourth-order valence-electron chi connectivity index (χ4n) is 1.94. The van der Waals surface area contributed by atoms with E-state index >= 15 is 0 Å². The molecule has 0 radical (unpaired) electrons. The Morgan fingerprint density at radius 1 is 1.15 bits per heavy atom. The highest BCUT2D eigenvalue weighted by Gasteiger charge is 2.09. The van der Waals surface area contributed by atoms with Gasteiger partial charge in [-0.05, 0) is 30.3 Å². The molecule has 2 aromatic heterocycles. The van der Waals surface area contributed by atoms with Gasteiger partial charge in [-0.3, -0.25) is 4.57 Å². The van der Waals surface area contributed by atoms with Gasteiger partial charge < -0.3 is 0 Å². The Kier molecular flexibility index (Phi) is 2.99. The summed E-state index contributed by atoms with van der Waals surface area (Å²) >= 11 is 5.85. The number of benzene rings is 1. The van der Waals surface area contributed by atoms with Crippen LogP contribution in [-0.2, 0) is 9.84 Å². The lowest BCUT2D eigenvalue weighted by atomic mass is 10.3. The third kappa shape index (κ3) is 2.28. The molecule has 3 rings (SSSR count). The van der Waals surface area contributed by atoms with Crippen molar-refractivity contribution in [3.63, 3.8) is 0 Å². The van der Waals surface area contributed by atoms with Gasteiger partial charge in [0.15, 0.2) is 15.5 Å². The molecule has 0 saturated heterocycles. The van der Waals surface area contributed by atoms with Gasteiger partial charge in [-0.2, -0.15) is 0 Å². The molecule has 0 bridgehead atoms. The molecule has 0 spiro atoms. The van der Waals surface area contributed by atoms with Crippen LogP contribution in [0.25, 0.3) is 16.9 Å². The number of hydrogen-bond donors (Lipinski definition) is 0. The molecule has 0 aliphatic heterocycles. The van der Waals surface area contributed by atoms with Crippen molar-refractivity contribution in [2.24, 2.45) is 0 Å². The summed E-state index contributed by atoms with van der Waals surface area (Å²) in [5.41, 5.74) is 2.15. The number of fused-ring (bicyclic) bond motifs is 1. The van der Waals surface area contributed by atoms with Crippen LogP contribution in [0, 0.1) is 0 Å². The van der Waals surface area contributed by atoms with Crippen LogP contribution in [0.1, 0.15) is 0 Å². The van der Waals surface area contributed by atoms with E-state index in [1.807, 2.05) is 12.3 Å². The van der Waals surface area contributed by atoms with Crippen LogP contribution in [0.4, 0.5) is 0 Å². The number of sulfone groups is 1. The van der Waals surface area contributed by atoms with Gasteiger partial charge in [0.25, 0.3) is 0 Å². The van der Waals surface area contributed by atoms with Crippen molar-refractivity contribution in [3.8, 4) is 5.69 Å². The van der Waals surface area contributed by atoms with Gasteiger partial charge in [0.1, 0.15) is 10.7 Å². The Balaban J connectivity index is 2.14. The molecule has 0 amide bonds. The van der Waals surface area contributed by atoms with E-state index in [2.05, 4.69) is 9.97 Å². The molecule has 0 aliphatic rings. The molecule has 0 unspecified atom stereocenters. The molecule has 2 heterocycles. The molecule has 102 valence electrons. The number of aromatic nitrogens is 3. The Labute approximate surface area is 120 Å². The van der Waals surface area contributed by atoms with Crippen molar-refractivity contribution >= 4 is 32.6 Å². The van der Waals surface area contributed by atoms with E-state index in [4.69, 9.17) is 11.6 Å². The van der Waals surface area contributed by atoms with Crippen molar-refractivity contribution in [1.82, 2.24) is 14.5 Å². The topological polar surface area (TPSA) is 64.8 Å². The zero-order valence-electron chi connectivity index (χ0n) is 10.5. The van der Waals surface area contributed by atoms with E-state index in [0.29, 0.717) is 10.8 Å². The summed E-state index contributed by atoms with van der Waals surface area (Å²) in [7, 11) is -3.20. The van der Waals surface area contributed by atoms with Crippen molar-refractivity contribution in [2.45, 2.75) is 4.90 Å². The van der Waals surface area contributed by atoms with Crippen LogP contribution in [0.15, 0.2) is 47.6 Å². The summed E-state index contributed by atoms with van der Waals surface area (Å²) in [5.74, 6) is 0. The van der Waals surface area contributed by atoms with Crippen LogP contribution in [0.5, 0.6) is 0 Å². The highest BCUT2D eigenvalue weighted by atomic mass is 35.5. The summed E-state index contributed by atoms with van der Waals surface area (Å²) in [6.07, 6.45) is 4.48. The van der Waals surface area contributed by atoms with Gasteiger partial charge in [-0.15, -0.1) is 0 Å². The minimum absolute atomic E-state index is 0.279. The molecule has 1 aromatic carbocycles. The molecule has 7 heteroatoms.